The molecule has 0 bridgehead atoms. The SMILES string of the molecule is CC(C)C[C@H](NC(=O)[C@H](Cc1ccccc1)NC(=O)CNC(=O)[C@@H](C)NC(=O)[C@@H](N)Cc1ccc(O)cc1)C(=O)N[C@@H](C)C(=O)N[C@@H](CCCN=C(N)N)C(=O)N[C@@H](CCC(N)=O)C(=O)N[C@@H](Cc1ccccc1)C(=O)N[C@@H](CCCCN)C(=O)N[C@@H](CCCN=C(N)N)C(=O)N[C@H](C)C(=O)N[C@H](C(=O)O)[C@@H](C)O. The van der Waals surface area contributed by atoms with Gasteiger partial charge in [0.25, 0.3) is 0 Å². The lowest BCUT2D eigenvalue weighted by Crippen LogP contribution is -2.60. The number of nitrogens with zero attached hydrogens (tertiary/aromatic N) is 2. The average Bonchev–Trinajstić information content (AvgIpc) is 0.858. The third-order valence-corrected chi connectivity index (χ3v) is 16.7. The molecular formula is C71H109N21O17. The minimum atomic E-state index is -1.74. The van der Waals surface area contributed by atoms with E-state index in [1.165, 1.54) is 32.9 Å². The summed E-state index contributed by atoms with van der Waals surface area (Å²) in [6.07, 6.45) is -2.49. The second-order valence-corrected chi connectivity index (χ2v) is 26.6. The molecule has 109 heavy (non-hydrogen) atoms. The van der Waals surface area contributed by atoms with Gasteiger partial charge in [0.15, 0.2) is 18.0 Å². The number of rotatable bonds is 49. The van der Waals surface area contributed by atoms with E-state index >= 15 is 0 Å². The van der Waals surface area contributed by atoms with Gasteiger partial charge in [0.2, 0.25) is 76.8 Å². The van der Waals surface area contributed by atoms with Gasteiger partial charge in [-0.15, -0.1) is 0 Å². The molecule has 0 spiro atoms. The second kappa shape index (κ2) is 47.9. The largest absolute Gasteiger partial charge is 0.508 e. The molecule has 38 heteroatoms. The van der Waals surface area contributed by atoms with Crippen LogP contribution in [0.4, 0.5) is 0 Å². The van der Waals surface area contributed by atoms with E-state index in [-0.39, 0.29) is 107 Å². The van der Waals surface area contributed by atoms with Crippen molar-refractivity contribution in [2.75, 3.05) is 26.2 Å². The summed E-state index contributed by atoms with van der Waals surface area (Å²) in [7, 11) is 0. The second-order valence-electron chi connectivity index (χ2n) is 26.6. The topological polar surface area (TPSA) is 651 Å². The van der Waals surface area contributed by atoms with E-state index in [1.807, 2.05) is 0 Å². The molecule has 13 amide bonds. The Hall–Kier alpha value is -11.5. The third-order valence-electron chi connectivity index (χ3n) is 16.7. The molecule has 0 unspecified atom stereocenters. The number of nitrogens with two attached hydrogens (primary N) is 7. The Morgan fingerprint density at radius 3 is 1.23 bits per heavy atom. The van der Waals surface area contributed by atoms with Crippen LogP contribution in [0, 0.1) is 5.92 Å². The van der Waals surface area contributed by atoms with Gasteiger partial charge in [-0.2, -0.15) is 0 Å². The van der Waals surface area contributed by atoms with Crippen LogP contribution in [0.15, 0.2) is 94.9 Å². The van der Waals surface area contributed by atoms with Gasteiger partial charge < -0.3 is 119 Å². The van der Waals surface area contributed by atoms with Gasteiger partial charge >= 0.3 is 5.97 Å². The summed E-state index contributed by atoms with van der Waals surface area (Å²) in [5, 5.41) is 59.4. The summed E-state index contributed by atoms with van der Waals surface area (Å²) in [5.74, 6) is -14.0. The highest BCUT2D eigenvalue weighted by Gasteiger charge is 2.36. The molecular weight excluding hydrogens is 1420 g/mol. The standard InChI is InChI=1S/C71H109N21O17/c1-38(2)33-52(90-67(106)53(35-43-17-9-7-10-18-43)85-56(96)37-81-58(97)39(3)82-61(100)47(73)34-45-24-26-46(94)27-25-45)66(105)84-40(4)59(98)86-50(23-16-32-80-71(77)78)64(103)89-51(28-29-55(74)95)65(104)91-54(36-44-19-11-8-12-20-44)68(107)88-48(21-13-14-30-72)63(102)87-49(22-15-31-79-70(75)76)62(101)83-41(5)60(99)92-57(42(6)93)69(108)109/h7-12,17-20,24-27,38-42,47-54,57,93-94H,13-16,21-23,28-37,72-73H2,1-6H3,(H2,74,95)(H,81,97)(H,82,100)(H,83,101)(H,84,105)(H,85,96)(H,86,98)(H,87,102)(H,88,107)(H,89,103)(H,90,106)(H,91,104)(H,92,99)(H,108,109)(H4,75,76,79)(H4,77,78,80)/t39-,40+,41-,42-,47+,48+,49+,50+,51+,52+,53+,54+,57+/m1/s1. The molecule has 13 atom stereocenters. The molecule has 0 saturated heterocycles. The first kappa shape index (κ1) is 91.7. The third kappa shape index (κ3) is 35.6. The molecule has 0 aliphatic rings. The van der Waals surface area contributed by atoms with Crippen LogP contribution in [-0.4, -0.2) is 215 Å². The van der Waals surface area contributed by atoms with Crippen molar-refractivity contribution in [1.29, 1.82) is 0 Å². The van der Waals surface area contributed by atoms with E-state index in [1.54, 1.807) is 86.6 Å². The van der Waals surface area contributed by atoms with Crippen molar-refractivity contribution in [3.63, 3.8) is 0 Å². The summed E-state index contributed by atoms with van der Waals surface area (Å²) in [6.45, 7) is 7.98. The van der Waals surface area contributed by atoms with E-state index in [2.05, 4.69) is 73.8 Å². The predicted octanol–water partition coefficient (Wildman–Crippen LogP) is -5.73. The van der Waals surface area contributed by atoms with Crippen molar-refractivity contribution in [1.82, 2.24) is 63.8 Å². The van der Waals surface area contributed by atoms with Crippen LogP contribution >= 0.6 is 0 Å². The summed E-state index contributed by atoms with van der Waals surface area (Å²) in [4.78, 5) is 200. The van der Waals surface area contributed by atoms with E-state index in [0.29, 0.717) is 23.1 Å². The van der Waals surface area contributed by atoms with Gasteiger partial charge in [-0.1, -0.05) is 86.6 Å². The zero-order valence-electron chi connectivity index (χ0n) is 62.2. The molecule has 3 aromatic carbocycles. The fourth-order valence-electron chi connectivity index (χ4n) is 10.7. The Labute approximate surface area is 631 Å². The zero-order valence-corrected chi connectivity index (χ0v) is 62.2. The number of carbonyl (C=O) groups excluding carboxylic acids is 13. The number of carboxylic acid groups (broad SMARTS) is 1. The van der Waals surface area contributed by atoms with E-state index in [0.717, 1.165) is 6.92 Å². The Balaban J connectivity index is 1.91. The van der Waals surface area contributed by atoms with Gasteiger partial charge in [0.05, 0.1) is 18.7 Å². The number of guanidine groups is 2. The van der Waals surface area contributed by atoms with Crippen LogP contribution in [0.2, 0.25) is 0 Å². The Morgan fingerprint density at radius 1 is 0.413 bits per heavy atom. The number of benzene rings is 3. The molecule has 0 radical (unpaired) electrons. The lowest BCUT2D eigenvalue weighted by atomic mass is 10.0. The molecule has 3 aromatic rings. The number of primary amides is 1. The first-order valence-electron chi connectivity index (χ1n) is 35.7. The van der Waals surface area contributed by atoms with Crippen molar-refractivity contribution in [2.45, 2.75) is 204 Å². The number of carboxylic acids is 1. The van der Waals surface area contributed by atoms with Crippen LogP contribution in [0.25, 0.3) is 0 Å². The molecule has 3 rings (SSSR count). The summed E-state index contributed by atoms with van der Waals surface area (Å²) in [5.41, 5.74) is 41.3. The lowest BCUT2D eigenvalue weighted by Gasteiger charge is -2.28. The number of phenols is 1. The first-order valence-corrected chi connectivity index (χ1v) is 35.7. The summed E-state index contributed by atoms with van der Waals surface area (Å²) < 4.78 is 0. The van der Waals surface area contributed by atoms with Crippen molar-refractivity contribution in [3.05, 3.63) is 102 Å². The van der Waals surface area contributed by atoms with Gasteiger partial charge in [-0.25, -0.2) is 4.79 Å². The molecule has 38 nitrogen and oxygen atoms in total. The van der Waals surface area contributed by atoms with E-state index < -0.39 is 181 Å². The quantitative estimate of drug-likeness (QED) is 0.0142. The van der Waals surface area contributed by atoms with Gasteiger partial charge in [-0.05, 0) is 133 Å². The highest BCUT2D eigenvalue weighted by atomic mass is 16.4. The van der Waals surface area contributed by atoms with E-state index in [9.17, 15) is 82.4 Å². The number of phenolic OH excluding ortho intramolecular Hbond substituents is 1. The minimum Gasteiger partial charge on any atom is -0.508 e. The van der Waals surface area contributed by atoms with Crippen LogP contribution in [0.5, 0.6) is 5.75 Å². The van der Waals surface area contributed by atoms with Crippen LogP contribution in [-0.2, 0) is 86.4 Å². The number of nitrogens with one attached hydrogen (secondary N) is 12. The number of amides is 13. The van der Waals surface area contributed by atoms with Gasteiger partial charge in [-0.3, -0.25) is 72.3 Å². The maximum absolute atomic E-state index is 14.7. The Bertz CT molecular complexity index is 3580. The molecule has 600 valence electrons. The number of unbranched alkanes of at least 4 members (excludes halogenated alkanes) is 1. The number of aliphatic hydroxyl groups is 1. The number of aromatic hydroxyl groups is 1. The number of hydrogen-bond donors (Lipinski definition) is 22. The summed E-state index contributed by atoms with van der Waals surface area (Å²) >= 11 is 0. The fourth-order valence-corrected chi connectivity index (χ4v) is 10.7. The fraction of sp³-hybridized carbons (Fsp3) is 0.521. The molecule has 0 aromatic heterocycles. The molecule has 0 aliphatic carbocycles. The molecule has 0 heterocycles. The zero-order chi connectivity index (χ0) is 81.4. The monoisotopic (exact) mass is 1530 g/mol. The van der Waals surface area contributed by atoms with Crippen LogP contribution in [0.1, 0.15) is 122 Å². The predicted molar refractivity (Wildman–Crippen MR) is 401 cm³/mol. The summed E-state index contributed by atoms with van der Waals surface area (Å²) in [6, 6.07) is 5.64. The smallest absolute Gasteiger partial charge is 0.328 e. The maximum atomic E-state index is 14.7. The van der Waals surface area contributed by atoms with Crippen LogP contribution < -0.4 is 104 Å². The number of aliphatic hydroxyl groups excluding tert-OH is 1. The molecule has 0 saturated carbocycles. The van der Waals surface area contributed by atoms with Crippen molar-refractivity contribution >= 4 is 94.7 Å². The highest BCUT2D eigenvalue weighted by Crippen LogP contribution is 2.15. The normalized spacial score (nSPS) is 14.6. The number of aliphatic imine (C=N–C) groups is 2. The van der Waals surface area contributed by atoms with Gasteiger partial charge in [0.1, 0.15) is 66.2 Å². The van der Waals surface area contributed by atoms with Crippen LogP contribution in [0.3, 0.4) is 0 Å². The van der Waals surface area contributed by atoms with Crippen molar-refractivity contribution < 1.29 is 82.4 Å². The highest BCUT2D eigenvalue weighted by molar-refractivity contribution is 5.99. The van der Waals surface area contributed by atoms with Gasteiger partial charge in [0, 0.05) is 32.4 Å². The average molecular weight is 1530 g/mol. The minimum absolute atomic E-state index is 0.00110. The molecule has 0 aliphatic heterocycles. The number of hydrogen-bond acceptors (Lipinski definition) is 20. The van der Waals surface area contributed by atoms with Crippen molar-refractivity contribution in [3.8, 4) is 5.75 Å². The molecule has 0 fully saturated rings. The Morgan fingerprint density at radius 2 is 0.789 bits per heavy atom. The van der Waals surface area contributed by atoms with E-state index in [4.69, 9.17) is 40.1 Å². The number of carbonyl (C=O) groups is 14. The lowest BCUT2D eigenvalue weighted by molar-refractivity contribution is -0.145. The molecule has 29 N–H and O–H groups in total. The first-order chi connectivity index (χ1) is 51.5. The Kier molecular flexibility index (Phi) is 40.3. The maximum Gasteiger partial charge on any atom is 0.328 e. The van der Waals surface area contributed by atoms with Crippen molar-refractivity contribution in [2.24, 2.45) is 56.0 Å². The number of aliphatic carboxylic acids is 1.